The van der Waals surface area contributed by atoms with Gasteiger partial charge in [-0.25, -0.2) is 0 Å². The van der Waals surface area contributed by atoms with Crippen LogP contribution in [0.2, 0.25) is 0 Å². The van der Waals surface area contributed by atoms with E-state index in [0.717, 1.165) is 24.2 Å². The molecule has 3 nitrogen and oxygen atoms in total. The Morgan fingerprint density at radius 3 is 2.80 bits per heavy atom. The van der Waals surface area contributed by atoms with E-state index < -0.39 is 0 Å². The van der Waals surface area contributed by atoms with Crippen molar-refractivity contribution in [1.82, 2.24) is 5.32 Å². The molecule has 104 valence electrons. The highest BCUT2D eigenvalue weighted by molar-refractivity contribution is 6.01. The summed E-state index contributed by atoms with van der Waals surface area (Å²) in [5.41, 5.74) is 1.59. The van der Waals surface area contributed by atoms with E-state index in [4.69, 9.17) is 4.74 Å². The lowest BCUT2D eigenvalue weighted by atomic mass is 9.95. The molecule has 3 heteroatoms. The predicted molar refractivity (Wildman–Crippen MR) is 79.2 cm³/mol. The van der Waals surface area contributed by atoms with Gasteiger partial charge in [0.25, 0.3) is 5.91 Å². The smallest absolute Gasteiger partial charge is 0.251 e. The molecule has 1 fully saturated rings. The molecule has 1 heterocycles. The van der Waals surface area contributed by atoms with Gasteiger partial charge in [0.15, 0.2) is 0 Å². The Morgan fingerprint density at radius 2 is 1.95 bits per heavy atom. The van der Waals surface area contributed by atoms with Crippen LogP contribution in [0.15, 0.2) is 42.2 Å². The van der Waals surface area contributed by atoms with Crippen molar-refractivity contribution in [2.45, 2.75) is 38.1 Å². The van der Waals surface area contributed by atoms with Gasteiger partial charge in [-0.05, 0) is 31.1 Å². The topological polar surface area (TPSA) is 38.3 Å². The molecule has 0 aromatic heterocycles. The average molecular weight is 269 g/mol. The molecule has 0 radical (unpaired) electrons. The summed E-state index contributed by atoms with van der Waals surface area (Å²) in [4.78, 5) is 12.3. The largest absolute Gasteiger partial charge is 0.464 e. The van der Waals surface area contributed by atoms with E-state index in [-0.39, 0.29) is 5.91 Å². The Kier molecular flexibility index (Phi) is 3.86. The van der Waals surface area contributed by atoms with Crippen LogP contribution in [0, 0.1) is 0 Å². The van der Waals surface area contributed by atoms with Gasteiger partial charge in [-0.3, -0.25) is 4.79 Å². The first-order chi connectivity index (χ1) is 9.83. The van der Waals surface area contributed by atoms with Crippen molar-refractivity contribution in [2.75, 3.05) is 0 Å². The Bertz CT molecular complexity index is 554. The van der Waals surface area contributed by atoms with Crippen LogP contribution >= 0.6 is 0 Å². The van der Waals surface area contributed by atoms with Crippen LogP contribution < -0.4 is 10.1 Å². The average Bonchev–Trinajstić information content (AvgIpc) is 2.70. The standard InChI is InChI=1S/C17H19NO2/c19-17(18-15-7-2-1-3-8-15)14-10-11-20-16-9-5-4-6-13(16)12-14/h4-6,9-12,15H,1-3,7-8H2,(H,18,19). The summed E-state index contributed by atoms with van der Waals surface area (Å²) in [6, 6.07) is 8.05. The van der Waals surface area contributed by atoms with E-state index in [1.165, 1.54) is 19.3 Å². The number of carbonyl (C=O) groups excluding carboxylic acids is 1. The molecule has 0 bridgehead atoms. The molecule has 1 aromatic carbocycles. The zero-order valence-electron chi connectivity index (χ0n) is 11.5. The molecular weight excluding hydrogens is 250 g/mol. The molecule has 1 amide bonds. The Balaban J connectivity index is 1.75. The van der Waals surface area contributed by atoms with Gasteiger partial charge in [-0.1, -0.05) is 37.5 Å². The third kappa shape index (κ3) is 2.93. The third-order valence-electron chi connectivity index (χ3n) is 3.88. The maximum absolute atomic E-state index is 12.3. The maximum Gasteiger partial charge on any atom is 0.251 e. The van der Waals surface area contributed by atoms with Crippen LogP contribution in [-0.2, 0) is 4.79 Å². The highest BCUT2D eigenvalue weighted by atomic mass is 16.5. The summed E-state index contributed by atoms with van der Waals surface area (Å²) < 4.78 is 5.51. The van der Waals surface area contributed by atoms with E-state index >= 15 is 0 Å². The van der Waals surface area contributed by atoms with Crippen molar-refractivity contribution < 1.29 is 9.53 Å². The van der Waals surface area contributed by atoms with Gasteiger partial charge in [0.1, 0.15) is 5.75 Å². The van der Waals surface area contributed by atoms with E-state index in [0.29, 0.717) is 11.6 Å². The lowest BCUT2D eigenvalue weighted by Crippen LogP contribution is -2.36. The number of hydrogen-bond donors (Lipinski definition) is 1. The number of hydrogen-bond acceptors (Lipinski definition) is 2. The Morgan fingerprint density at radius 1 is 1.15 bits per heavy atom. The lowest BCUT2D eigenvalue weighted by Gasteiger charge is -2.22. The quantitative estimate of drug-likeness (QED) is 0.893. The molecule has 0 unspecified atom stereocenters. The van der Waals surface area contributed by atoms with Crippen molar-refractivity contribution in [2.24, 2.45) is 0 Å². The molecule has 1 saturated carbocycles. The summed E-state index contributed by atoms with van der Waals surface area (Å²) in [7, 11) is 0. The van der Waals surface area contributed by atoms with Gasteiger partial charge in [-0.15, -0.1) is 0 Å². The Hall–Kier alpha value is -2.03. The van der Waals surface area contributed by atoms with Crippen molar-refractivity contribution in [3.63, 3.8) is 0 Å². The zero-order chi connectivity index (χ0) is 13.8. The second kappa shape index (κ2) is 5.95. The van der Waals surface area contributed by atoms with Gasteiger partial charge in [-0.2, -0.15) is 0 Å². The molecule has 2 aliphatic rings. The number of amides is 1. The van der Waals surface area contributed by atoms with Gasteiger partial charge in [0.2, 0.25) is 0 Å². The fourth-order valence-corrected chi connectivity index (χ4v) is 2.76. The van der Waals surface area contributed by atoms with Crippen LogP contribution in [0.1, 0.15) is 37.7 Å². The van der Waals surface area contributed by atoms with E-state index in [9.17, 15) is 4.79 Å². The summed E-state index contributed by atoms with van der Waals surface area (Å²) in [6.07, 6.45) is 11.1. The number of benzene rings is 1. The molecule has 0 saturated heterocycles. The minimum atomic E-state index is -0.00606. The monoisotopic (exact) mass is 269 g/mol. The lowest BCUT2D eigenvalue weighted by molar-refractivity contribution is -0.118. The molecule has 0 spiro atoms. The first-order valence-electron chi connectivity index (χ1n) is 7.28. The first-order valence-corrected chi connectivity index (χ1v) is 7.28. The predicted octanol–water partition coefficient (Wildman–Crippen LogP) is 3.43. The summed E-state index contributed by atoms with van der Waals surface area (Å²) >= 11 is 0. The summed E-state index contributed by atoms with van der Waals surface area (Å²) in [5, 5.41) is 3.13. The first kappa shape index (κ1) is 13.0. The molecule has 1 aromatic rings. The Labute approximate surface area is 119 Å². The normalized spacial score (nSPS) is 18.5. The molecule has 20 heavy (non-hydrogen) atoms. The van der Waals surface area contributed by atoms with Gasteiger partial charge < -0.3 is 10.1 Å². The minimum absolute atomic E-state index is 0.00606. The van der Waals surface area contributed by atoms with Crippen LogP contribution in [0.3, 0.4) is 0 Å². The molecule has 0 atom stereocenters. The van der Waals surface area contributed by atoms with Crippen LogP contribution in [0.4, 0.5) is 0 Å². The van der Waals surface area contributed by atoms with Gasteiger partial charge in [0, 0.05) is 17.2 Å². The number of ether oxygens (including phenoxy) is 1. The second-order valence-electron chi connectivity index (χ2n) is 5.37. The number of carbonyl (C=O) groups is 1. The SMILES string of the molecule is O=C(NC1CCCCC1)C1=Cc2ccccc2OC=C1. The summed E-state index contributed by atoms with van der Waals surface area (Å²) in [5.74, 6) is 0.776. The highest BCUT2D eigenvalue weighted by Gasteiger charge is 2.18. The molecule has 1 aliphatic carbocycles. The maximum atomic E-state index is 12.3. The molecule has 1 aliphatic heterocycles. The van der Waals surface area contributed by atoms with Crippen molar-refractivity contribution in [1.29, 1.82) is 0 Å². The fraction of sp³-hybridized carbons (Fsp3) is 0.353. The van der Waals surface area contributed by atoms with Crippen LogP contribution in [0.5, 0.6) is 5.75 Å². The number of nitrogens with one attached hydrogen (secondary N) is 1. The molecule has 3 rings (SSSR count). The van der Waals surface area contributed by atoms with Crippen LogP contribution in [-0.4, -0.2) is 11.9 Å². The molecular formula is C17H19NO2. The minimum Gasteiger partial charge on any atom is -0.464 e. The third-order valence-corrected chi connectivity index (χ3v) is 3.88. The van der Waals surface area contributed by atoms with Gasteiger partial charge in [0.05, 0.1) is 6.26 Å². The second-order valence-corrected chi connectivity index (χ2v) is 5.37. The van der Waals surface area contributed by atoms with E-state index in [2.05, 4.69) is 5.32 Å². The van der Waals surface area contributed by atoms with E-state index in [1.54, 1.807) is 12.3 Å². The summed E-state index contributed by atoms with van der Waals surface area (Å²) in [6.45, 7) is 0. The molecule has 1 N–H and O–H groups in total. The number of rotatable bonds is 2. The van der Waals surface area contributed by atoms with E-state index in [1.807, 2.05) is 30.3 Å². The van der Waals surface area contributed by atoms with Crippen molar-refractivity contribution in [3.05, 3.63) is 47.7 Å². The van der Waals surface area contributed by atoms with Crippen LogP contribution in [0.25, 0.3) is 6.08 Å². The highest BCUT2D eigenvalue weighted by Crippen LogP contribution is 2.24. The van der Waals surface area contributed by atoms with Gasteiger partial charge >= 0.3 is 0 Å². The number of para-hydroxylation sites is 1. The number of fused-ring (bicyclic) bond motifs is 1. The fourth-order valence-electron chi connectivity index (χ4n) is 2.76. The van der Waals surface area contributed by atoms with Crippen molar-refractivity contribution >= 4 is 12.0 Å². The van der Waals surface area contributed by atoms with Crippen molar-refractivity contribution in [3.8, 4) is 5.75 Å². The zero-order valence-corrected chi connectivity index (χ0v) is 11.5.